The van der Waals surface area contributed by atoms with Crippen molar-refractivity contribution in [3.05, 3.63) is 109 Å². The second-order valence-electron chi connectivity index (χ2n) is 19.7. The molecule has 0 aromatic rings. The Morgan fingerprint density at radius 3 is 1.28 bits per heavy atom. The van der Waals surface area contributed by atoms with Crippen molar-refractivity contribution in [2.24, 2.45) is 0 Å². The van der Waals surface area contributed by atoms with Gasteiger partial charge in [-0.3, -0.25) is 4.79 Å². The van der Waals surface area contributed by atoms with Gasteiger partial charge < -0.3 is 40.3 Å². The van der Waals surface area contributed by atoms with E-state index in [1.54, 1.807) is 0 Å². The van der Waals surface area contributed by atoms with E-state index in [1.807, 2.05) is 0 Å². The Morgan fingerprint density at radius 2 is 0.861 bits per heavy atom. The number of aliphatic hydroxyl groups excluding tert-OH is 5. The molecule has 1 fully saturated rings. The molecule has 1 heterocycles. The zero-order chi connectivity index (χ0) is 52.2. The van der Waals surface area contributed by atoms with Crippen molar-refractivity contribution in [1.29, 1.82) is 0 Å². The van der Waals surface area contributed by atoms with Crippen LogP contribution in [0.15, 0.2) is 109 Å². The number of ether oxygens (including phenoxy) is 2. The maximum atomic E-state index is 13.0. The minimum atomic E-state index is -1.56. The van der Waals surface area contributed by atoms with Crippen molar-refractivity contribution >= 4 is 5.91 Å². The van der Waals surface area contributed by atoms with Crippen molar-refractivity contribution in [2.75, 3.05) is 13.2 Å². The summed E-state index contributed by atoms with van der Waals surface area (Å²) >= 11 is 0. The summed E-state index contributed by atoms with van der Waals surface area (Å²) in [6.07, 6.45) is 68.3. The molecule has 7 atom stereocenters. The van der Waals surface area contributed by atoms with Crippen molar-refractivity contribution in [1.82, 2.24) is 5.32 Å². The van der Waals surface area contributed by atoms with Gasteiger partial charge in [-0.25, -0.2) is 0 Å². The van der Waals surface area contributed by atoms with Gasteiger partial charge in [0, 0.05) is 6.42 Å². The number of hydrogen-bond donors (Lipinski definition) is 6. The van der Waals surface area contributed by atoms with E-state index in [0.29, 0.717) is 12.8 Å². The highest BCUT2D eigenvalue weighted by Crippen LogP contribution is 2.23. The second-order valence-corrected chi connectivity index (χ2v) is 19.7. The summed E-state index contributed by atoms with van der Waals surface area (Å²) in [5, 5.41) is 54.5. The van der Waals surface area contributed by atoms with E-state index in [-0.39, 0.29) is 12.5 Å². The number of amides is 1. The molecule has 9 nitrogen and oxygen atoms in total. The minimum Gasteiger partial charge on any atom is -0.394 e. The molecule has 0 aromatic carbocycles. The van der Waals surface area contributed by atoms with Crippen LogP contribution < -0.4 is 5.32 Å². The summed E-state index contributed by atoms with van der Waals surface area (Å²) < 4.78 is 11.3. The molecule has 0 saturated carbocycles. The van der Waals surface area contributed by atoms with Crippen LogP contribution in [0.2, 0.25) is 0 Å². The van der Waals surface area contributed by atoms with E-state index < -0.39 is 49.5 Å². The van der Waals surface area contributed by atoms with Gasteiger partial charge in [0.25, 0.3) is 0 Å². The number of carbonyl (C=O) groups is 1. The van der Waals surface area contributed by atoms with Crippen LogP contribution in [0.25, 0.3) is 0 Å². The number of rotatable bonds is 48. The van der Waals surface area contributed by atoms with Crippen LogP contribution in [0, 0.1) is 0 Å². The number of aliphatic hydroxyl groups is 5. The Balaban J connectivity index is 2.14. The van der Waals surface area contributed by atoms with Gasteiger partial charge in [-0.2, -0.15) is 0 Å². The molecule has 0 bridgehead atoms. The molecule has 1 aliphatic rings. The van der Waals surface area contributed by atoms with Crippen LogP contribution in [-0.2, 0) is 14.3 Å². The van der Waals surface area contributed by atoms with E-state index in [1.165, 1.54) is 96.3 Å². The first-order chi connectivity index (χ1) is 35.3. The standard InChI is InChI=1S/C63H107NO8/c1-3-5-7-9-11-13-15-17-18-19-20-21-22-23-24-25-26-27-28-29-30-31-32-33-34-35-36-37-38-39-40-41-43-45-47-49-51-53-59(67)64-56(55-71-63-62(70)61(69)60(68)58(54-65)72-63)57(66)52-50-48-46-44-42-16-14-12-10-8-6-4-2/h5,7,11,13,17-18,20-21,23-24,26-27,29-30,32-33,35-36,56-58,60-63,65-66,68-70H,3-4,6,8-10,12,14-16,19,22,25,28,31,34,37-55H2,1-2H3,(H,64,67)/b7-5-,13-11-,18-17-,21-20-,24-23-,27-26-,30-29-,33-32-,36-35-. The van der Waals surface area contributed by atoms with E-state index in [2.05, 4.69) is 129 Å². The van der Waals surface area contributed by atoms with E-state index in [4.69, 9.17) is 9.47 Å². The highest BCUT2D eigenvalue weighted by Gasteiger charge is 2.44. The maximum Gasteiger partial charge on any atom is 0.220 e. The summed E-state index contributed by atoms with van der Waals surface area (Å²) in [5.74, 6) is -0.156. The predicted molar refractivity (Wildman–Crippen MR) is 304 cm³/mol. The average Bonchev–Trinajstić information content (AvgIpc) is 3.38. The molecule has 1 rings (SSSR count). The van der Waals surface area contributed by atoms with Crippen LogP contribution in [-0.4, -0.2) is 87.5 Å². The lowest BCUT2D eigenvalue weighted by atomic mass is 9.99. The quantitative estimate of drug-likeness (QED) is 0.0261. The summed E-state index contributed by atoms with van der Waals surface area (Å²) in [4.78, 5) is 13.0. The highest BCUT2D eigenvalue weighted by molar-refractivity contribution is 5.76. The molecule has 0 aromatic heterocycles. The van der Waals surface area contributed by atoms with Crippen molar-refractivity contribution in [3.63, 3.8) is 0 Å². The molecule has 1 aliphatic heterocycles. The fourth-order valence-electron chi connectivity index (χ4n) is 8.56. The largest absolute Gasteiger partial charge is 0.394 e. The Bertz CT molecular complexity index is 1490. The zero-order valence-electron chi connectivity index (χ0n) is 45.6. The SMILES string of the molecule is CC/C=C\C/C=C\C/C=C\C/C=C\C/C=C\C/C=C\C/C=C\C/C=C\C/C=C\CCCCCCCCCCCC(=O)NC(COC1OC(CO)C(O)C(O)C1O)C(O)CCCCCCCCCCCCCC. The Kier molecular flexibility index (Phi) is 47.7. The van der Waals surface area contributed by atoms with E-state index in [9.17, 15) is 30.3 Å². The molecular weight excluding hydrogens is 899 g/mol. The summed E-state index contributed by atoms with van der Waals surface area (Å²) in [7, 11) is 0. The molecule has 1 saturated heterocycles. The van der Waals surface area contributed by atoms with Crippen LogP contribution in [0.3, 0.4) is 0 Å². The van der Waals surface area contributed by atoms with Gasteiger partial charge in [0.1, 0.15) is 24.4 Å². The fourth-order valence-corrected chi connectivity index (χ4v) is 8.56. The summed E-state index contributed by atoms with van der Waals surface area (Å²) in [6, 6.07) is -0.728. The Morgan fingerprint density at radius 1 is 0.486 bits per heavy atom. The van der Waals surface area contributed by atoms with Gasteiger partial charge in [-0.05, 0) is 83.5 Å². The molecule has 9 heteroatoms. The van der Waals surface area contributed by atoms with Crippen LogP contribution in [0.4, 0.5) is 0 Å². The third kappa shape index (κ3) is 40.3. The highest BCUT2D eigenvalue weighted by atomic mass is 16.7. The zero-order valence-corrected chi connectivity index (χ0v) is 45.6. The van der Waals surface area contributed by atoms with Gasteiger partial charge in [0.05, 0.1) is 25.4 Å². The monoisotopic (exact) mass is 1010 g/mol. The summed E-state index contributed by atoms with van der Waals surface area (Å²) in [5.41, 5.74) is 0. The molecule has 0 spiro atoms. The maximum absolute atomic E-state index is 13.0. The Labute approximate surface area is 440 Å². The smallest absolute Gasteiger partial charge is 0.220 e. The lowest BCUT2D eigenvalue weighted by Gasteiger charge is -2.40. The number of nitrogens with one attached hydrogen (secondary N) is 1. The van der Waals surface area contributed by atoms with E-state index >= 15 is 0 Å². The minimum absolute atomic E-state index is 0.146. The van der Waals surface area contributed by atoms with Gasteiger partial charge >= 0.3 is 0 Å². The normalized spacial score (nSPS) is 20.0. The van der Waals surface area contributed by atoms with Crippen LogP contribution >= 0.6 is 0 Å². The fraction of sp³-hybridized carbons (Fsp3) is 0.698. The van der Waals surface area contributed by atoms with Gasteiger partial charge in [0.2, 0.25) is 5.91 Å². The molecule has 6 N–H and O–H groups in total. The topological polar surface area (TPSA) is 149 Å². The first-order valence-corrected chi connectivity index (χ1v) is 29.1. The van der Waals surface area contributed by atoms with Gasteiger partial charge in [0.15, 0.2) is 6.29 Å². The Hall–Kier alpha value is -3.15. The number of allylic oxidation sites excluding steroid dienone is 18. The number of unbranched alkanes of at least 4 members (excludes halogenated alkanes) is 20. The molecular formula is C63H107NO8. The predicted octanol–water partition coefficient (Wildman–Crippen LogP) is 14.6. The van der Waals surface area contributed by atoms with Crippen molar-refractivity contribution in [2.45, 2.75) is 269 Å². The summed E-state index contributed by atoms with van der Waals surface area (Å²) in [6.45, 7) is 3.70. The van der Waals surface area contributed by atoms with Crippen molar-refractivity contribution < 1.29 is 39.8 Å². The van der Waals surface area contributed by atoms with Gasteiger partial charge in [-0.15, -0.1) is 0 Å². The number of carbonyl (C=O) groups excluding carboxylic acids is 1. The molecule has 72 heavy (non-hydrogen) atoms. The third-order valence-electron chi connectivity index (χ3n) is 13.1. The second kappa shape index (κ2) is 51.3. The van der Waals surface area contributed by atoms with Crippen LogP contribution in [0.5, 0.6) is 0 Å². The lowest BCUT2D eigenvalue weighted by Crippen LogP contribution is -2.60. The average molecular weight is 1010 g/mol. The lowest BCUT2D eigenvalue weighted by molar-refractivity contribution is -0.302. The molecule has 0 aliphatic carbocycles. The molecule has 412 valence electrons. The molecule has 0 radical (unpaired) electrons. The van der Waals surface area contributed by atoms with E-state index in [0.717, 1.165) is 103 Å². The van der Waals surface area contributed by atoms with Crippen LogP contribution in [0.1, 0.15) is 226 Å². The van der Waals surface area contributed by atoms with Gasteiger partial charge in [-0.1, -0.05) is 245 Å². The molecule has 7 unspecified atom stereocenters. The van der Waals surface area contributed by atoms with Crippen molar-refractivity contribution in [3.8, 4) is 0 Å². The molecule has 1 amide bonds. The third-order valence-corrected chi connectivity index (χ3v) is 13.1. The first-order valence-electron chi connectivity index (χ1n) is 29.1. The number of hydrogen-bond acceptors (Lipinski definition) is 8. The first kappa shape index (κ1) is 66.9.